The van der Waals surface area contributed by atoms with E-state index < -0.39 is 0 Å². The molecule has 0 saturated heterocycles. The number of nitrogens with two attached hydrogens (primary N) is 1. The molecule has 70 valence electrons. The number of hydrogen-bond donors (Lipinski definition) is 1. The van der Waals surface area contributed by atoms with Crippen LogP contribution in [0.15, 0.2) is 41.0 Å². The van der Waals surface area contributed by atoms with Crippen LogP contribution in [-0.2, 0) is 0 Å². The molecule has 0 spiro atoms. The normalized spacial score (nSPS) is 10.1. The highest BCUT2D eigenvalue weighted by molar-refractivity contribution is 9.10. The first-order valence-corrected chi connectivity index (χ1v) is 4.90. The smallest absolute Gasteiger partial charge is 0.128 e. The third-order valence-corrected chi connectivity index (χ3v) is 2.24. The molecule has 0 aliphatic heterocycles. The number of benzene rings is 1. The average Bonchev–Trinajstić information content (AvgIpc) is 2.19. The van der Waals surface area contributed by atoms with E-state index in [1.165, 1.54) is 0 Å². The SMILES string of the molecule is Nc1cccc(-c2ccc(Br)nn2)c1. The van der Waals surface area contributed by atoms with Crippen LogP contribution in [0, 0.1) is 0 Å². The van der Waals surface area contributed by atoms with Crippen molar-refractivity contribution in [1.82, 2.24) is 10.2 Å². The summed E-state index contributed by atoms with van der Waals surface area (Å²) in [4.78, 5) is 0. The topological polar surface area (TPSA) is 51.8 Å². The van der Waals surface area contributed by atoms with Crippen molar-refractivity contribution in [1.29, 1.82) is 0 Å². The summed E-state index contributed by atoms with van der Waals surface area (Å²) in [5.41, 5.74) is 8.19. The Bertz CT molecular complexity index is 439. The zero-order valence-electron chi connectivity index (χ0n) is 7.31. The van der Waals surface area contributed by atoms with Gasteiger partial charge in [-0.25, -0.2) is 0 Å². The van der Waals surface area contributed by atoms with Gasteiger partial charge in [0.15, 0.2) is 0 Å². The van der Waals surface area contributed by atoms with E-state index in [1.54, 1.807) is 0 Å². The second kappa shape index (κ2) is 3.75. The van der Waals surface area contributed by atoms with Crippen LogP contribution >= 0.6 is 15.9 Å². The van der Waals surface area contributed by atoms with Crippen LogP contribution in [0.25, 0.3) is 11.3 Å². The first-order valence-electron chi connectivity index (χ1n) is 4.11. The summed E-state index contributed by atoms with van der Waals surface area (Å²) >= 11 is 3.23. The Balaban J connectivity index is 2.44. The monoisotopic (exact) mass is 249 g/mol. The summed E-state index contributed by atoms with van der Waals surface area (Å²) in [7, 11) is 0. The van der Waals surface area contributed by atoms with E-state index in [4.69, 9.17) is 5.73 Å². The molecular formula is C10H8BrN3. The van der Waals surface area contributed by atoms with Gasteiger partial charge in [-0.2, -0.15) is 0 Å². The van der Waals surface area contributed by atoms with Gasteiger partial charge in [0.25, 0.3) is 0 Å². The van der Waals surface area contributed by atoms with Crippen molar-refractivity contribution < 1.29 is 0 Å². The first kappa shape index (κ1) is 9.15. The predicted octanol–water partition coefficient (Wildman–Crippen LogP) is 2.49. The largest absolute Gasteiger partial charge is 0.399 e. The molecule has 3 nitrogen and oxygen atoms in total. The second-order valence-electron chi connectivity index (χ2n) is 2.87. The number of anilines is 1. The van der Waals surface area contributed by atoms with Crippen molar-refractivity contribution in [2.24, 2.45) is 0 Å². The van der Waals surface area contributed by atoms with Crippen LogP contribution in [0.1, 0.15) is 0 Å². The van der Waals surface area contributed by atoms with Crippen molar-refractivity contribution in [3.8, 4) is 11.3 Å². The number of nitrogen functional groups attached to an aromatic ring is 1. The number of rotatable bonds is 1. The number of hydrogen-bond acceptors (Lipinski definition) is 3. The molecule has 0 aliphatic carbocycles. The van der Waals surface area contributed by atoms with Gasteiger partial charge in [-0.1, -0.05) is 12.1 Å². The molecule has 1 aromatic heterocycles. The van der Waals surface area contributed by atoms with Gasteiger partial charge < -0.3 is 5.73 Å². The molecule has 1 aromatic carbocycles. The van der Waals surface area contributed by atoms with Crippen LogP contribution in [0.2, 0.25) is 0 Å². The summed E-state index contributed by atoms with van der Waals surface area (Å²) in [6.45, 7) is 0. The molecule has 2 N–H and O–H groups in total. The fraction of sp³-hybridized carbons (Fsp3) is 0. The molecule has 0 amide bonds. The highest BCUT2D eigenvalue weighted by Crippen LogP contribution is 2.19. The van der Waals surface area contributed by atoms with Crippen molar-refractivity contribution in [2.75, 3.05) is 5.73 Å². The van der Waals surface area contributed by atoms with E-state index in [0.29, 0.717) is 0 Å². The quantitative estimate of drug-likeness (QED) is 0.791. The second-order valence-corrected chi connectivity index (χ2v) is 3.68. The molecule has 0 atom stereocenters. The third kappa shape index (κ3) is 1.90. The Morgan fingerprint density at radius 2 is 1.93 bits per heavy atom. The summed E-state index contributed by atoms with van der Waals surface area (Å²) in [5, 5.41) is 7.95. The van der Waals surface area contributed by atoms with Crippen molar-refractivity contribution >= 4 is 21.6 Å². The maximum atomic E-state index is 5.67. The Hall–Kier alpha value is -1.42. The van der Waals surface area contributed by atoms with Crippen LogP contribution in [0.5, 0.6) is 0 Å². The minimum Gasteiger partial charge on any atom is -0.399 e. The highest BCUT2D eigenvalue weighted by Gasteiger charge is 1.99. The lowest BCUT2D eigenvalue weighted by atomic mass is 10.1. The lowest BCUT2D eigenvalue weighted by Crippen LogP contribution is -1.89. The van der Waals surface area contributed by atoms with Gasteiger partial charge in [0.2, 0.25) is 0 Å². The molecule has 2 rings (SSSR count). The Morgan fingerprint density at radius 3 is 2.57 bits per heavy atom. The van der Waals surface area contributed by atoms with Crippen molar-refractivity contribution in [3.05, 3.63) is 41.0 Å². The zero-order chi connectivity index (χ0) is 9.97. The fourth-order valence-electron chi connectivity index (χ4n) is 1.17. The zero-order valence-corrected chi connectivity index (χ0v) is 8.90. The van der Waals surface area contributed by atoms with E-state index in [9.17, 15) is 0 Å². The molecular weight excluding hydrogens is 242 g/mol. The Labute approximate surface area is 90.1 Å². The maximum Gasteiger partial charge on any atom is 0.128 e. The lowest BCUT2D eigenvalue weighted by Gasteiger charge is -2.00. The van der Waals surface area contributed by atoms with Crippen LogP contribution in [0.3, 0.4) is 0 Å². The minimum absolute atomic E-state index is 0.727. The molecule has 0 aliphatic rings. The van der Waals surface area contributed by atoms with E-state index in [0.717, 1.165) is 21.5 Å². The van der Waals surface area contributed by atoms with Crippen molar-refractivity contribution in [3.63, 3.8) is 0 Å². The van der Waals surface area contributed by atoms with E-state index >= 15 is 0 Å². The van der Waals surface area contributed by atoms with Crippen LogP contribution in [-0.4, -0.2) is 10.2 Å². The molecule has 4 heteroatoms. The molecule has 0 saturated carbocycles. The minimum atomic E-state index is 0.727. The van der Waals surface area contributed by atoms with Gasteiger partial charge in [0.05, 0.1) is 5.69 Å². The molecule has 0 bridgehead atoms. The molecule has 0 unspecified atom stereocenters. The molecule has 14 heavy (non-hydrogen) atoms. The maximum absolute atomic E-state index is 5.67. The lowest BCUT2D eigenvalue weighted by molar-refractivity contribution is 1.01. The van der Waals surface area contributed by atoms with E-state index in [1.807, 2.05) is 36.4 Å². The third-order valence-electron chi connectivity index (χ3n) is 1.81. The van der Waals surface area contributed by atoms with Crippen LogP contribution in [0.4, 0.5) is 5.69 Å². The van der Waals surface area contributed by atoms with Gasteiger partial charge in [-0.15, -0.1) is 10.2 Å². The molecule has 0 fully saturated rings. The summed E-state index contributed by atoms with van der Waals surface area (Å²) < 4.78 is 0.727. The van der Waals surface area contributed by atoms with Crippen LogP contribution < -0.4 is 5.73 Å². The molecule has 2 aromatic rings. The number of nitrogens with zero attached hydrogens (tertiary/aromatic N) is 2. The highest BCUT2D eigenvalue weighted by atomic mass is 79.9. The van der Waals surface area contributed by atoms with Gasteiger partial charge in [-0.05, 0) is 40.2 Å². The number of halogens is 1. The predicted molar refractivity (Wildman–Crippen MR) is 59.6 cm³/mol. The Morgan fingerprint density at radius 1 is 1.07 bits per heavy atom. The van der Waals surface area contributed by atoms with Crippen molar-refractivity contribution in [2.45, 2.75) is 0 Å². The fourth-order valence-corrected chi connectivity index (χ4v) is 1.38. The Kier molecular flexibility index (Phi) is 2.45. The van der Waals surface area contributed by atoms with Gasteiger partial charge in [0, 0.05) is 11.3 Å². The van der Waals surface area contributed by atoms with E-state index in [2.05, 4.69) is 26.1 Å². The summed E-state index contributed by atoms with van der Waals surface area (Å²) in [6.07, 6.45) is 0. The summed E-state index contributed by atoms with van der Waals surface area (Å²) in [5.74, 6) is 0. The molecule has 0 radical (unpaired) electrons. The summed E-state index contributed by atoms with van der Waals surface area (Å²) in [6, 6.07) is 11.3. The first-order chi connectivity index (χ1) is 6.75. The molecule has 1 heterocycles. The van der Waals surface area contributed by atoms with Gasteiger partial charge in [0.1, 0.15) is 4.60 Å². The average molecular weight is 250 g/mol. The standard InChI is InChI=1S/C10H8BrN3/c11-10-5-4-9(13-14-10)7-2-1-3-8(12)6-7/h1-6H,12H2. The van der Waals surface area contributed by atoms with Gasteiger partial charge in [-0.3, -0.25) is 0 Å². The van der Waals surface area contributed by atoms with E-state index in [-0.39, 0.29) is 0 Å². The van der Waals surface area contributed by atoms with Gasteiger partial charge >= 0.3 is 0 Å². The number of aromatic nitrogens is 2.